The second-order valence-electron chi connectivity index (χ2n) is 5.36. The Morgan fingerprint density at radius 1 is 1.44 bits per heavy atom. The van der Waals surface area contributed by atoms with Gasteiger partial charge in [0.25, 0.3) is 0 Å². The number of morpholine rings is 1. The molecule has 1 unspecified atom stereocenters. The maximum Gasteiger partial charge on any atom is 0.410 e. The summed E-state index contributed by atoms with van der Waals surface area (Å²) in [4.78, 5) is 13.5. The summed E-state index contributed by atoms with van der Waals surface area (Å²) in [6, 6.07) is 0.265. The molecule has 0 saturated carbocycles. The van der Waals surface area contributed by atoms with Crippen molar-refractivity contribution in [2.45, 2.75) is 38.5 Å². The SMILES string of the molecule is CC(C)(C)OC(=O)N1CC2OCCN[C@H]2C1. The number of rotatable bonds is 0. The topological polar surface area (TPSA) is 50.8 Å². The lowest BCUT2D eigenvalue weighted by molar-refractivity contribution is 0.0104. The summed E-state index contributed by atoms with van der Waals surface area (Å²) >= 11 is 0. The first-order valence-corrected chi connectivity index (χ1v) is 5.78. The molecular weight excluding hydrogens is 208 g/mol. The second kappa shape index (κ2) is 4.22. The van der Waals surface area contributed by atoms with Crippen LogP contribution in [0.3, 0.4) is 0 Å². The molecule has 1 N–H and O–H groups in total. The minimum absolute atomic E-state index is 0.126. The van der Waals surface area contributed by atoms with E-state index >= 15 is 0 Å². The van der Waals surface area contributed by atoms with E-state index in [0.717, 1.165) is 13.2 Å². The van der Waals surface area contributed by atoms with Crippen LogP contribution < -0.4 is 5.32 Å². The highest BCUT2D eigenvalue weighted by Gasteiger charge is 2.38. The molecule has 0 aromatic rings. The highest BCUT2D eigenvalue weighted by molar-refractivity contribution is 5.68. The summed E-state index contributed by atoms with van der Waals surface area (Å²) in [5.74, 6) is 0. The Hall–Kier alpha value is -0.810. The predicted octanol–water partition coefficient (Wildman–Crippen LogP) is 0.594. The van der Waals surface area contributed by atoms with E-state index in [4.69, 9.17) is 9.47 Å². The van der Waals surface area contributed by atoms with Crippen LogP contribution in [0, 0.1) is 0 Å². The fourth-order valence-corrected chi connectivity index (χ4v) is 2.07. The molecule has 0 radical (unpaired) electrons. The monoisotopic (exact) mass is 228 g/mol. The van der Waals surface area contributed by atoms with Crippen molar-refractivity contribution in [1.82, 2.24) is 10.2 Å². The zero-order valence-corrected chi connectivity index (χ0v) is 10.2. The fraction of sp³-hybridized carbons (Fsp3) is 0.909. The van der Waals surface area contributed by atoms with Crippen LogP contribution >= 0.6 is 0 Å². The van der Waals surface area contributed by atoms with Gasteiger partial charge in [-0.15, -0.1) is 0 Å². The summed E-state index contributed by atoms with van der Waals surface area (Å²) < 4.78 is 10.9. The molecule has 0 aromatic carbocycles. The van der Waals surface area contributed by atoms with E-state index in [1.54, 1.807) is 4.90 Å². The predicted molar refractivity (Wildman–Crippen MR) is 59.3 cm³/mol. The number of amides is 1. The minimum atomic E-state index is -0.431. The lowest BCUT2D eigenvalue weighted by Crippen LogP contribution is -2.47. The molecule has 2 aliphatic rings. The Labute approximate surface area is 96.1 Å². The third-order valence-electron chi connectivity index (χ3n) is 2.76. The number of hydrogen-bond acceptors (Lipinski definition) is 4. The lowest BCUT2D eigenvalue weighted by atomic mass is 10.2. The van der Waals surface area contributed by atoms with Crippen LogP contribution in [0.1, 0.15) is 20.8 Å². The van der Waals surface area contributed by atoms with E-state index in [2.05, 4.69) is 5.32 Å². The van der Waals surface area contributed by atoms with Gasteiger partial charge < -0.3 is 19.7 Å². The van der Waals surface area contributed by atoms with E-state index in [1.165, 1.54) is 0 Å². The molecule has 0 bridgehead atoms. The molecule has 1 amide bonds. The van der Waals surface area contributed by atoms with Gasteiger partial charge >= 0.3 is 6.09 Å². The van der Waals surface area contributed by atoms with Gasteiger partial charge in [-0.25, -0.2) is 4.79 Å². The maximum absolute atomic E-state index is 11.8. The van der Waals surface area contributed by atoms with E-state index in [-0.39, 0.29) is 18.2 Å². The lowest BCUT2D eigenvalue weighted by Gasteiger charge is -2.25. The zero-order valence-electron chi connectivity index (χ0n) is 10.2. The second-order valence-corrected chi connectivity index (χ2v) is 5.36. The molecule has 0 aliphatic carbocycles. The van der Waals surface area contributed by atoms with Crippen molar-refractivity contribution >= 4 is 6.09 Å². The van der Waals surface area contributed by atoms with Crippen LogP contribution in [0.5, 0.6) is 0 Å². The number of carbonyl (C=O) groups excluding carboxylic acids is 1. The van der Waals surface area contributed by atoms with Crippen molar-refractivity contribution in [3.63, 3.8) is 0 Å². The number of hydrogen-bond donors (Lipinski definition) is 1. The first-order valence-electron chi connectivity index (χ1n) is 5.78. The molecule has 0 spiro atoms. The van der Waals surface area contributed by atoms with Crippen LogP contribution in [0.15, 0.2) is 0 Å². The van der Waals surface area contributed by atoms with Crippen LogP contribution in [0.4, 0.5) is 4.79 Å². The molecule has 2 saturated heterocycles. The molecule has 0 aromatic heterocycles. The third kappa shape index (κ3) is 2.65. The molecule has 5 heteroatoms. The van der Waals surface area contributed by atoms with E-state index < -0.39 is 5.60 Å². The summed E-state index contributed by atoms with van der Waals surface area (Å²) in [7, 11) is 0. The van der Waals surface area contributed by atoms with E-state index in [1.807, 2.05) is 20.8 Å². The first-order chi connectivity index (χ1) is 7.46. The van der Waals surface area contributed by atoms with Crippen LogP contribution in [0.25, 0.3) is 0 Å². The summed E-state index contributed by atoms with van der Waals surface area (Å²) in [5.41, 5.74) is -0.431. The van der Waals surface area contributed by atoms with E-state index in [0.29, 0.717) is 13.1 Å². The van der Waals surface area contributed by atoms with Crippen LogP contribution in [-0.2, 0) is 9.47 Å². The molecule has 2 heterocycles. The number of nitrogens with zero attached hydrogens (tertiary/aromatic N) is 1. The summed E-state index contributed by atoms with van der Waals surface area (Å²) in [6.45, 7) is 8.53. The molecule has 2 fully saturated rings. The van der Waals surface area contributed by atoms with Crippen molar-refractivity contribution in [2.24, 2.45) is 0 Å². The van der Waals surface area contributed by atoms with Crippen molar-refractivity contribution < 1.29 is 14.3 Å². The smallest absolute Gasteiger partial charge is 0.410 e. The average molecular weight is 228 g/mol. The van der Waals surface area contributed by atoms with Crippen LogP contribution in [0.2, 0.25) is 0 Å². The highest BCUT2D eigenvalue weighted by atomic mass is 16.6. The molecule has 5 nitrogen and oxygen atoms in total. The zero-order chi connectivity index (χ0) is 11.8. The Bertz CT molecular complexity index is 261. The summed E-state index contributed by atoms with van der Waals surface area (Å²) in [6.07, 6.45) is -0.117. The van der Waals surface area contributed by atoms with Gasteiger partial charge in [-0.2, -0.15) is 0 Å². The molecule has 2 rings (SSSR count). The van der Waals surface area contributed by atoms with Gasteiger partial charge in [0.15, 0.2) is 0 Å². The normalized spacial score (nSPS) is 30.1. The third-order valence-corrected chi connectivity index (χ3v) is 2.76. The largest absolute Gasteiger partial charge is 0.444 e. The van der Waals surface area contributed by atoms with Gasteiger partial charge in [-0.3, -0.25) is 0 Å². The quantitative estimate of drug-likeness (QED) is 0.659. The molecule has 92 valence electrons. The molecule has 16 heavy (non-hydrogen) atoms. The van der Waals surface area contributed by atoms with E-state index in [9.17, 15) is 4.79 Å². The summed E-state index contributed by atoms with van der Waals surface area (Å²) in [5, 5.41) is 3.35. The Balaban J connectivity index is 1.90. The number of likely N-dealkylation sites (tertiary alicyclic amines) is 1. The van der Waals surface area contributed by atoms with Gasteiger partial charge in [-0.05, 0) is 20.8 Å². The van der Waals surface area contributed by atoms with Crippen molar-refractivity contribution in [3.8, 4) is 0 Å². The van der Waals surface area contributed by atoms with Gasteiger partial charge in [0.05, 0.1) is 25.3 Å². The Morgan fingerprint density at radius 2 is 2.19 bits per heavy atom. The number of carbonyl (C=O) groups is 1. The van der Waals surface area contributed by atoms with Crippen molar-refractivity contribution in [3.05, 3.63) is 0 Å². The van der Waals surface area contributed by atoms with Gasteiger partial charge in [0.2, 0.25) is 0 Å². The van der Waals surface area contributed by atoms with Gasteiger partial charge in [0.1, 0.15) is 5.60 Å². The molecule has 2 aliphatic heterocycles. The standard InChI is InChI=1S/C11H20N2O3/c1-11(2,3)16-10(14)13-6-8-9(7-13)15-5-4-12-8/h8-9,12H,4-7H2,1-3H3/t8-,9?/m0/s1. The molecule has 2 atom stereocenters. The maximum atomic E-state index is 11.8. The Kier molecular flexibility index (Phi) is 3.08. The first kappa shape index (κ1) is 11.7. The number of ether oxygens (including phenoxy) is 2. The minimum Gasteiger partial charge on any atom is -0.444 e. The highest BCUT2D eigenvalue weighted by Crippen LogP contribution is 2.19. The van der Waals surface area contributed by atoms with Gasteiger partial charge in [0, 0.05) is 13.1 Å². The van der Waals surface area contributed by atoms with Crippen molar-refractivity contribution in [1.29, 1.82) is 0 Å². The average Bonchev–Trinajstić information content (AvgIpc) is 2.58. The Morgan fingerprint density at radius 3 is 2.81 bits per heavy atom. The van der Waals surface area contributed by atoms with Gasteiger partial charge in [-0.1, -0.05) is 0 Å². The van der Waals surface area contributed by atoms with Crippen molar-refractivity contribution in [2.75, 3.05) is 26.2 Å². The number of fused-ring (bicyclic) bond motifs is 1. The molecular formula is C11H20N2O3. The fourth-order valence-electron chi connectivity index (χ4n) is 2.07. The van der Waals surface area contributed by atoms with Crippen LogP contribution in [-0.4, -0.2) is 55.0 Å². The number of nitrogens with one attached hydrogen (secondary N) is 1.